The van der Waals surface area contributed by atoms with Crippen molar-refractivity contribution < 1.29 is 14.3 Å². The zero-order valence-corrected chi connectivity index (χ0v) is 13.6. The summed E-state index contributed by atoms with van der Waals surface area (Å²) in [6.45, 7) is 0.408. The first-order valence-corrected chi connectivity index (χ1v) is 7.88. The van der Waals surface area contributed by atoms with Gasteiger partial charge in [-0.3, -0.25) is 4.79 Å². The Balaban J connectivity index is 1.64. The van der Waals surface area contributed by atoms with Crippen LogP contribution >= 0.6 is 0 Å². The Kier molecular flexibility index (Phi) is 5.06. The lowest BCUT2D eigenvalue weighted by atomic mass is 10.1. The molecule has 4 nitrogen and oxygen atoms in total. The molecule has 0 fully saturated rings. The molecule has 4 heteroatoms. The average Bonchev–Trinajstić information content (AvgIpc) is 2.64. The molecule has 0 atom stereocenters. The van der Waals surface area contributed by atoms with Crippen LogP contribution in [0.2, 0.25) is 0 Å². The second-order valence-electron chi connectivity index (χ2n) is 5.51. The number of hydrogen-bond donors (Lipinski definition) is 0. The van der Waals surface area contributed by atoms with Crippen LogP contribution in [0.1, 0.15) is 17.7 Å². The number of rotatable bonds is 6. The van der Waals surface area contributed by atoms with Gasteiger partial charge in [-0.1, -0.05) is 36.4 Å². The summed E-state index contributed by atoms with van der Waals surface area (Å²) in [7, 11) is 1.40. The van der Waals surface area contributed by atoms with E-state index in [0.29, 0.717) is 19.4 Å². The zero-order chi connectivity index (χ0) is 16.8. The third kappa shape index (κ3) is 4.10. The Morgan fingerprint density at radius 3 is 2.79 bits per heavy atom. The van der Waals surface area contributed by atoms with Gasteiger partial charge in [-0.25, -0.2) is 4.98 Å². The minimum Gasteiger partial charge on any atom is -0.487 e. The first kappa shape index (κ1) is 16.0. The fourth-order valence-electron chi connectivity index (χ4n) is 2.49. The number of hydrogen-bond acceptors (Lipinski definition) is 4. The molecule has 0 N–H and O–H groups in total. The maximum absolute atomic E-state index is 11.2. The van der Waals surface area contributed by atoms with E-state index in [1.54, 1.807) is 0 Å². The van der Waals surface area contributed by atoms with Crippen LogP contribution in [0.5, 0.6) is 5.75 Å². The van der Waals surface area contributed by atoms with Crippen molar-refractivity contribution in [3.63, 3.8) is 0 Å². The van der Waals surface area contributed by atoms with Crippen molar-refractivity contribution in [2.75, 3.05) is 7.11 Å². The topological polar surface area (TPSA) is 48.4 Å². The Hall–Kier alpha value is -2.88. The van der Waals surface area contributed by atoms with Crippen LogP contribution in [0.25, 0.3) is 10.9 Å². The molecule has 0 aliphatic carbocycles. The second kappa shape index (κ2) is 7.59. The van der Waals surface area contributed by atoms with E-state index >= 15 is 0 Å². The van der Waals surface area contributed by atoms with E-state index in [0.717, 1.165) is 27.9 Å². The van der Waals surface area contributed by atoms with Gasteiger partial charge in [0.15, 0.2) is 0 Å². The summed E-state index contributed by atoms with van der Waals surface area (Å²) < 4.78 is 10.5. The van der Waals surface area contributed by atoms with Gasteiger partial charge < -0.3 is 9.47 Å². The van der Waals surface area contributed by atoms with E-state index in [9.17, 15) is 4.79 Å². The van der Waals surface area contributed by atoms with Crippen LogP contribution in [-0.2, 0) is 22.6 Å². The lowest BCUT2D eigenvalue weighted by Gasteiger charge is -2.08. The number of nitrogens with zero attached hydrogens (tertiary/aromatic N) is 1. The largest absolute Gasteiger partial charge is 0.487 e. The molecule has 0 unspecified atom stereocenters. The van der Waals surface area contributed by atoms with Crippen LogP contribution in [0.3, 0.4) is 0 Å². The summed E-state index contributed by atoms with van der Waals surface area (Å²) in [4.78, 5) is 15.8. The number of esters is 1. The minimum absolute atomic E-state index is 0.207. The normalized spacial score (nSPS) is 10.5. The number of aryl methyl sites for hydroxylation is 1. The second-order valence-corrected chi connectivity index (χ2v) is 5.51. The smallest absolute Gasteiger partial charge is 0.305 e. The Bertz CT molecular complexity index is 845. The van der Waals surface area contributed by atoms with Gasteiger partial charge in [-0.2, -0.15) is 0 Å². The number of para-hydroxylation sites is 1. The van der Waals surface area contributed by atoms with Crippen LogP contribution in [0.4, 0.5) is 0 Å². The van der Waals surface area contributed by atoms with Gasteiger partial charge in [0.25, 0.3) is 0 Å². The van der Waals surface area contributed by atoms with E-state index < -0.39 is 0 Å². The molecule has 3 rings (SSSR count). The third-order valence-electron chi connectivity index (χ3n) is 3.79. The molecule has 0 saturated carbocycles. The number of carbonyl (C=O) groups excluding carboxylic acids is 1. The highest BCUT2D eigenvalue weighted by molar-refractivity contribution is 5.78. The molecule has 0 bridgehead atoms. The van der Waals surface area contributed by atoms with Gasteiger partial charge in [-0.15, -0.1) is 0 Å². The molecule has 3 aromatic rings. The van der Waals surface area contributed by atoms with Crippen LogP contribution in [-0.4, -0.2) is 18.1 Å². The predicted molar refractivity (Wildman–Crippen MR) is 92.9 cm³/mol. The summed E-state index contributed by atoms with van der Waals surface area (Å²) in [5, 5.41) is 1.12. The van der Waals surface area contributed by atoms with Crippen molar-refractivity contribution >= 4 is 16.9 Å². The van der Waals surface area contributed by atoms with Crippen molar-refractivity contribution in [2.24, 2.45) is 0 Å². The number of aromatic nitrogens is 1. The molecule has 0 radical (unpaired) electrons. The predicted octanol–water partition coefficient (Wildman–Crippen LogP) is 3.92. The van der Waals surface area contributed by atoms with E-state index in [1.807, 2.05) is 60.7 Å². The van der Waals surface area contributed by atoms with Crippen molar-refractivity contribution in [3.8, 4) is 5.75 Å². The molecule has 0 aliphatic rings. The fraction of sp³-hybridized carbons (Fsp3) is 0.200. The van der Waals surface area contributed by atoms with Crippen molar-refractivity contribution in [3.05, 3.63) is 71.9 Å². The average molecular weight is 321 g/mol. The van der Waals surface area contributed by atoms with Crippen molar-refractivity contribution in [2.45, 2.75) is 19.4 Å². The fourth-order valence-corrected chi connectivity index (χ4v) is 2.49. The number of fused-ring (bicyclic) bond motifs is 1. The zero-order valence-electron chi connectivity index (χ0n) is 13.6. The van der Waals surface area contributed by atoms with Gasteiger partial charge >= 0.3 is 5.97 Å². The molecule has 1 heterocycles. The van der Waals surface area contributed by atoms with Crippen LogP contribution < -0.4 is 4.74 Å². The molecule has 0 saturated heterocycles. The number of ether oxygens (including phenoxy) is 2. The highest BCUT2D eigenvalue weighted by Gasteiger charge is 2.04. The van der Waals surface area contributed by atoms with E-state index in [2.05, 4.69) is 9.72 Å². The highest BCUT2D eigenvalue weighted by atomic mass is 16.5. The molecule has 1 aromatic heterocycles. The lowest BCUT2D eigenvalue weighted by molar-refractivity contribution is -0.140. The van der Waals surface area contributed by atoms with Crippen LogP contribution in [0.15, 0.2) is 60.7 Å². The van der Waals surface area contributed by atoms with E-state index in [1.165, 1.54) is 7.11 Å². The summed E-state index contributed by atoms with van der Waals surface area (Å²) in [5.41, 5.74) is 2.89. The van der Waals surface area contributed by atoms with E-state index in [-0.39, 0.29) is 5.97 Å². The molecule has 0 amide bonds. The SMILES string of the molecule is COC(=O)CCc1cccc(OCc2ccc3ccccc3n2)c1. The first-order chi connectivity index (χ1) is 11.7. The standard InChI is InChI=1S/C20H19NO3/c1-23-20(22)12-9-15-5-4-7-18(13-15)24-14-17-11-10-16-6-2-3-8-19(16)21-17/h2-8,10-11,13H,9,12,14H2,1H3. The summed E-state index contributed by atoms with van der Waals surface area (Å²) in [6, 6.07) is 19.8. The minimum atomic E-state index is -0.207. The summed E-state index contributed by atoms with van der Waals surface area (Å²) >= 11 is 0. The Morgan fingerprint density at radius 2 is 1.92 bits per heavy atom. The van der Waals surface area contributed by atoms with Gasteiger partial charge in [0, 0.05) is 11.8 Å². The summed E-state index contributed by atoms with van der Waals surface area (Å²) in [6.07, 6.45) is 1.00. The molecular formula is C20H19NO3. The molecule has 0 aliphatic heterocycles. The Labute approximate surface area is 141 Å². The molecule has 2 aromatic carbocycles. The summed E-state index contributed by atoms with van der Waals surface area (Å²) in [5.74, 6) is 0.564. The quantitative estimate of drug-likeness (QED) is 0.646. The molecule has 0 spiro atoms. The molecule has 122 valence electrons. The maximum Gasteiger partial charge on any atom is 0.305 e. The number of carbonyl (C=O) groups is 1. The van der Waals surface area contributed by atoms with Crippen molar-refractivity contribution in [1.29, 1.82) is 0 Å². The maximum atomic E-state index is 11.2. The monoisotopic (exact) mass is 321 g/mol. The van der Waals surface area contributed by atoms with E-state index in [4.69, 9.17) is 4.74 Å². The van der Waals surface area contributed by atoms with Gasteiger partial charge in [0.2, 0.25) is 0 Å². The highest BCUT2D eigenvalue weighted by Crippen LogP contribution is 2.17. The van der Waals surface area contributed by atoms with Gasteiger partial charge in [0.05, 0.1) is 18.3 Å². The van der Waals surface area contributed by atoms with Crippen LogP contribution in [0, 0.1) is 0 Å². The third-order valence-corrected chi connectivity index (χ3v) is 3.79. The number of pyridine rings is 1. The molecule has 24 heavy (non-hydrogen) atoms. The first-order valence-electron chi connectivity index (χ1n) is 7.88. The van der Waals surface area contributed by atoms with Gasteiger partial charge in [-0.05, 0) is 36.2 Å². The number of methoxy groups -OCH3 is 1. The van der Waals surface area contributed by atoms with Gasteiger partial charge in [0.1, 0.15) is 12.4 Å². The lowest BCUT2D eigenvalue weighted by Crippen LogP contribution is -2.02. The number of benzene rings is 2. The molecular weight excluding hydrogens is 302 g/mol. The Morgan fingerprint density at radius 1 is 1.04 bits per heavy atom. The van der Waals surface area contributed by atoms with Crippen molar-refractivity contribution in [1.82, 2.24) is 4.98 Å².